The molecule has 0 aliphatic carbocycles. The number of hydrogen-bond donors (Lipinski definition) is 0. The third-order valence-electron chi connectivity index (χ3n) is 2.85. The van der Waals surface area contributed by atoms with Gasteiger partial charge in [-0.25, -0.2) is 9.59 Å². The molecule has 2 rings (SSSR count). The Morgan fingerprint density at radius 2 is 1.50 bits per heavy atom. The Morgan fingerprint density at radius 1 is 0.909 bits per heavy atom. The second-order valence-electron chi connectivity index (χ2n) is 4.37. The average Bonchev–Trinajstić information content (AvgIpc) is 2.55. The lowest BCUT2D eigenvalue weighted by molar-refractivity contribution is 0.0597. The maximum absolute atomic E-state index is 12.1. The molecule has 0 aromatic heterocycles. The summed E-state index contributed by atoms with van der Waals surface area (Å²) >= 11 is 0. The lowest BCUT2D eigenvalue weighted by Gasteiger charge is -2.07. The number of carbonyl (C=O) groups is 2. The van der Waals surface area contributed by atoms with Crippen molar-refractivity contribution in [3.8, 4) is 11.5 Å². The first-order valence-corrected chi connectivity index (χ1v) is 6.77. The van der Waals surface area contributed by atoms with Crippen LogP contribution >= 0.6 is 0 Å². The zero-order chi connectivity index (χ0) is 15.9. The molecule has 0 saturated carbocycles. The fourth-order valence-electron chi connectivity index (χ4n) is 1.85. The first-order valence-electron chi connectivity index (χ1n) is 6.77. The van der Waals surface area contributed by atoms with Crippen molar-refractivity contribution in [1.82, 2.24) is 0 Å². The quantitative estimate of drug-likeness (QED) is 0.627. The van der Waals surface area contributed by atoms with Gasteiger partial charge in [-0.15, -0.1) is 0 Å². The van der Waals surface area contributed by atoms with Gasteiger partial charge in [-0.1, -0.05) is 12.1 Å². The van der Waals surface area contributed by atoms with Crippen molar-refractivity contribution in [3.63, 3.8) is 0 Å². The van der Waals surface area contributed by atoms with Crippen molar-refractivity contribution in [2.45, 2.75) is 6.92 Å². The molecule has 0 bridgehead atoms. The Kier molecular flexibility index (Phi) is 5.14. The molecule has 0 N–H and O–H groups in total. The standard InChI is InChI=1S/C17H16O5/c1-3-21-14-8-4-7-13(10-14)17(19)22-15-9-5-6-12(11-15)16(18)20-2/h4-11H,3H2,1-2H3. The van der Waals surface area contributed by atoms with E-state index < -0.39 is 11.9 Å². The number of ether oxygens (including phenoxy) is 3. The van der Waals surface area contributed by atoms with Crippen LogP contribution < -0.4 is 9.47 Å². The van der Waals surface area contributed by atoms with Crippen LogP contribution in [0.5, 0.6) is 11.5 Å². The summed E-state index contributed by atoms with van der Waals surface area (Å²) in [4.78, 5) is 23.6. The minimum Gasteiger partial charge on any atom is -0.494 e. The van der Waals surface area contributed by atoms with Gasteiger partial charge in [0.25, 0.3) is 0 Å². The summed E-state index contributed by atoms with van der Waals surface area (Å²) < 4.78 is 15.2. The molecule has 22 heavy (non-hydrogen) atoms. The van der Waals surface area contributed by atoms with E-state index in [0.717, 1.165) is 0 Å². The van der Waals surface area contributed by atoms with Crippen LogP contribution in [0.15, 0.2) is 48.5 Å². The zero-order valence-corrected chi connectivity index (χ0v) is 12.4. The van der Waals surface area contributed by atoms with Gasteiger partial charge in [0, 0.05) is 0 Å². The van der Waals surface area contributed by atoms with Crippen LogP contribution in [0.25, 0.3) is 0 Å². The van der Waals surface area contributed by atoms with E-state index in [0.29, 0.717) is 23.5 Å². The molecule has 0 saturated heterocycles. The number of esters is 2. The summed E-state index contributed by atoms with van der Waals surface area (Å²) in [6, 6.07) is 13.0. The monoisotopic (exact) mass is 300 g/mol. The fraction of sp³-hybridized carbons (Fsp3) is 0.176. The van der Waals surface area contributed by atoms with Crippen molar-refractivity contribution < 1.29 is 23.8 Å². The Hall–Kier alpha value is -2.82. The molecule has 0 aliphatic rings. The van der Waals surface area contributed by atoms with Crippen LogP contribution in [0.2, 0.25) is 0 Å². The maximum Gasteiger partial charge on any atom is 0.343 e. The van der Waals surface area contributed by atoms with Gasteiger partial charge >= 0.3 is 11.9 Å². The highest BCUT2D eigenvalue weighted by Crippen LogP contribution is 2.18. The molecular weight excluding hydrogens is 284 g/mol. The van der Waals surface area contributed by atoms with E-state index in [-0.39, 0.29) is 5.75 Å². The zero-order valence-electron chi connectivity index (χ0n) is 12.4. The molecule has 0 amide bonds. The van der Waals surface area contributed by atoms with Crippen LogP contribution in [0.1, 0.15) is 27.6 Å². The van der Waals surface area contributed by atoms with Gasteiger partial charge in [-0.2, -0.15) is 0 Å². The summed E-state index contributed by atoms with van der Waals surface area (Å²) in [5, 5.41) is 0. The predicted molar refractivity (Wildman–Crippen MR) is 80.4 cm³/mol. The molecule has 0 fully saturated rings. The van der Waals surface area contributed by atoms with E-state index >= 15 is 0 Å². The molecule has 0 aliphatic heterocycles. The molecule has 2 aromatic rings. The molecule has 0 atom stereocenters. The van der Waals surface area contributed by atoms with E-state index in [1.54, 1.807) is 42.5 Å². The summed E-state index contributed by atoms with van der Waals surface area (Å²) in [7, 11) is 1.29. The summed E-state index contributed by atoms with van der Waals surface area (Å²) in [5.74, 6) is -0.144. The van der Waals surface area contributed by atoms with Gasteiger partial charge in [0.15, 0.2) is 0 Å². The molecule has 5 nitrogen and oxygen atoms in total. The number of benzene rings is 2. The minimum absolute atomic E-state index is 0.273. The second kappa shape index (κ2) is 7.26. The van der Waals surface area contributed by atoms with Crippen molar-refractivity contribution in [1.29, 1.82) is 0 Å². The van der Waals surface area contributed by atoms with Crippen LogP contribution in [-0.4, -0.2) is 25.7 Å². The maximum atomic E-state index is 12.1. The van der Waals surface area contributed by atoms with Crippen molar-refractivity contribution >= 4 is 11.9 Å². The lowest BCUT2D eigenvalue weighted by Crippen LogP contribution is -2.09. The SMILES string of the molecule is CCOc1cccc(C(=O)Oc2cccc(C(=O)OC)c2)c1. The summed E-state index contributed by atoms with van der Waals surface area (Å²) in [6.45, 7) is 2.38. The van der Waals surface area contributed by atoms with Crippen LogP contribution in [0, 0.1) is 0 Å². The molecule has 0 heterocycles. The Labute approximate surface area is 128 Å². The summed E-state index contributed by atoms with van der Waals surface area (Å²) in [5.41, 5.74) is 0.685. The van der Waals surface area contributed by atoms with Gasteiger partial charge in [-0.05, 0) is 43.3 Å². The highest BCUT2D eigenvalue weighted by atomic mass is 16.5. The third kappa shape index (κ3) is 3.85. The average molecular weight is 300 g/mol. The van der Waals surface area contributed by atoms with E-state index in [4.69, 9.17) is 9.47 Å². The molecule has 5 heteroatoms. The fourth-order valence-corrected chi connectivity index (χ4v) is 1.85. The van der Waals surface area contributed by atoms with Gasteiger partial charge < -0.3 is 14.2 Å². The number of carbonyl (C=O) groups excluding carboxylic acids is 2. The first kappa shape index (κ1) is 15.6. The van der Waals surface area contributed by atoms with Crippen molar-refractivity contribution in [2.24, 2.45) is 0 Å². The number of hydrogen-bond acceptors (Lipinski definition) is 5. The van der Waals surface area contributed by atoms with Crippen LogP contribution in [0.3, 0.4) is 0 Å². The highest BCUT2D eigenvalue weighted by molar-refractivity contribution is 5.92. The highest BCUT2D eigenvalue weighted by Gasteiger charge is 2.12. The predicted octanol–water partition coefficient (Wildman–Crippen LogP) is 3.09. The van der Waals surface area contributed by atoms with Gasteiger partial charge in [0.05, 0.1) is 24.8 Å². The minimum atomic E-state index is -0.524. The van der Waals surface area contributed by atoms with E-state index in [1.807, 2.05) is 6.92 Å². The lowest BCUT2D eigenvalue weighted by atomic mass is 10.2. The van der Waals surface area contributed by atoms with Crippen molar-refractivity contribution in [3.05, 3.63) is 59.7 Å². The normalized spacial score (nSPS) is 9.91. The van der Waals surface area contributed by atoms with E-state index in [2.05, 4.69) is 4.74 Å². The van der Waals surface area contributed by atoms with E-state index in [1.165, 1.54) is 13.2 Å². The van der Waals surface area contributed by atoms with Crippen LogP contribution in [0.4, 0.5) is 0 Å². The molecule has 2 aromatic carbocycles. The third-order valence-corrected chi connectivity index (χ3v) is 2.85. The van der Waals surface area contributed by atoms with Gasteiger partial charge in [-0.3, -0.25) is 0 Å². The first-order chi connectivity index (χ1) is 10.6. The topological polar surface area (TPSA) is 61.8 Å². The largest absolute Gasteiger partial charge is 0.494 e. The summed E-state index contributed by atoms with van der Waals surface area (Å²) in [6.07, 6.45) is 0. The number of methoxy groups -OCH3 is 1. The van der Waals surface area contributed by atoms with E-state index in [9.17, 15) is 9.59 Å². The number of rotatable bonds is 5. The molecule has 0 spiro atoms. The molecule has 0 unspecified atom stereocenters. The Morgan fingerprint density at radius 3 is 2.14 bits per heavy atom. The van der Waals surface area contributed by atoms with Crippen LogP contribution in [-0.2, 0) is 4.74 Å². The Balaban J connectivity index is 2.15. The molecular formula is C17H16O5. The Bertz CT molecular complexity index is 678. The molecule has 0 radical (unpaired) electrons. The molecule has 114 valence electrons. The second-order valence-corrected chi connectivity index (χ2v) is 4.37. The van der Waals surface area contributed by atoms with Crippen molar-refractivity contribution in [2.75, 3.05) is 13.7 Å². The van der Waals surface area contributed by atoms with Gasteiger partial charge in [0.1, 0.15) is 11.5 Å². The smallest absolute Gasteiger partial charge is 0.343 e. The van der Waals surface area contributed by atoms with Gasteiger partial charge in [0.2, 0.25) is 0 Å².